The fourth-order valence-electron chi connectivity index (χ4n) is 1.62. The summed E-state index contributed by atoms with van der Waals surface area (Å²) >= 11 is 9.49. The lowest BCUT2D eigenvalue weighted by Crippen LogP contribution is -1.86. The van der Waals surface area contributed by atoms with Gasteiger partial charge in [0.2, 0.25) is 0 Å². The lowest BCUT2D eigenvalue weighted by atomic mass is 10.2. The molecule has 84 valence electrons. The van der Waals surface area contributed by atoms with E-state index in [1.165, 1.54) is 0 Å². The number of hydrogen-bond donors (Lipinski definition) is 0. The van der Waals surface area contributed by atoms with Crippen LogP contribution >= 0.6 is 27.5 Å². The summed E-state index contributed by atoms with van der Waals surface area (Å²) in [7, 11) is 0. The second kappa shape index (κ2) is 4.13. The van der Waals surface area contributed by atoms with Crippen LogP contribution in [0.2, 0.25) is 5.02 Å². The van der Waals surface area contributed by atoms with Gasteiger partial charge in [-0.15, -0.1) is 5.10 Å². The first-order valence-electron chi connectivity index (χ1n) is 5.01. The van der Waals surface area contributed by atoms with Crippen LogP contribution in [0.25, 0.3) is 17.0 Å². The quantitative estimate of drug-likeness (QED) is 0.684. The van der Waals surface area contributed by atoms with Gasteiger partial charge >= 0.3 is 0 Å². The third-order valence-corrected chi connectivity index (χ3v) is 3.19. The zero-order chi connectivity index (χ0) is 11.8. The van der Waals surface area contributed by atoms with Gasteiger partial charge in [-0.2, -0.15) is 0 Å². The summed E-state index contributed by atoms with van der Waals surface area (Å²) in [5.41, 5.74) is 1.63. The number of nitrogens with zero attached hydrogens (tertiary/aromatic N) is 3. The highest BCUT2D eigenvalue weighted by Crippen LogP contribution is 2.22. The molecule has 0 aliphatic heterocycles. The highest BCUT2D eigenvalue weighted by Gasteiger charge is 2.08. The number of aromatic nitrogens is 3. The average Bonchev–Trinajstić information content (AvgIpc) is 2.74. The molecule has 2 aromatic heterocycles. The van der Waals surface area contributed by atoms with E-state index < -0.39 is 0 Å². The topological polar surface area (TPSA) is 30.2 Å². The van der Waals surface area contributed by atoms with Crippen LogP contribution in [-0.2, 0) is 0 Å². The molecule has 0 atom stereocenters. The number of benzene rings is 1. The third-order valence-electron chi connectivity index (χ3n) is 2.40. The Hall–Kier alpha value is -1.39. The van der Waals surface area contributed by atoms with Crippen LogP contribution in [0.5, 0.6) is 0 Å². The predicted molar refractivity (Wildman–Crippen MR) is 71.1 cm³/mol. The van der Waals surface area contributed by atoms with Crippen molar-refractivity contribution in [2.75, 3.05) is 0 Å². The minimum Gasteiger partial charge on any atom is -0.219 e. The molecule has 0 amide bonds. The Balaban J connectivity index is 2.22. The lowest BCUT2D eigenvalue weighted by Gasteiger charge is -1.94. The highest BCUT2D eigenvalue weighted by atomic mass is 79.9. The molecule has 5 heteroatoms. The van der Waals surface area contributed by atoms with Crippen LogP contribution in [0, 0.1) is 0 Å². The van der Waals surface area contributed by atoms with E-state index in [1.54, 1.807) is 10.6 Å². The van der Waals surface area contributed by atoms with Gasteiger partial charge in [-0.1, -0.05) is 39.7 Å². The molecule has 3 nitrogen and oxygen atoms in total. The molecule has 0 bridgehead atoms. The molecule has 3 aromatic rings. The van der Waals surface area contributed by atoms with Gasteiger partial charge in [0.25, 0.3) is 0 Å². The molecule has 0 saturated heterocycles. The molecule has 0 N–H and O–H groups in total. The van der Waals surface area contributed by atoms with E-state index in [4.69, 9.17) is 11.6 Å². The third kappa shape index (κ3) is 1.94. The summed E-state index contributed by atoms with van der Waals surface area (Å²) in [6.07, 6.45) is 1.83. The van der Waals surface area contributed by atoms with E-state index in [0.29, 0.717) is 16.5 Å². The maximum absolute atomic E-state index is 6.06. The number of halogens is 2. The fourth-order valence-corrected chi connectivity index (χ4v) is 2.22. The maximum atomic E-state index is 6.06. The number of pyridine rings is 1. The molecule has 0 unspecified atom stereocenters. The van der Waals surface area contributed by atoms with Crippen molar-refractivity contribution >= 4 is 33.2 Å². The highest BCUT2D eigenvalue weighted by molar-refractivity contribution is 9.10. The van der Waals surface area contributed by atoms with Gasteiger partial charge < -0.3 is 0 Å². The van der Waals surface area contributed by atoms with Crippen LogP contribution in [0.3, 0.4) is 0 Å². The Bertz CT molecular complexity index is 693. The number of fused-ring (bicyclic) bond motifs is 1. The van der Waals surface area contributed by atoms with Crippen LogP contribution in [0.4, 0.5) is 0 Å². The second-order valence-corrected chi connectivity index (χ2v) is 4.89. The zero-order valence-electron chi connectivity index (χ0n) is 8.64. The number of rotatable bonds is 1. The Morgan fingerprint density at radius 3 is 2.82 bits per heavy atom. The Morgan fingerprint density at radius 1 is 1.18 bits per heavy atom. The molecule has 3 rings (SSSR count). The van der Waals surface area contributed by atoms with Crippen LogP contribution in [-0.4, -0.2) is 14.6 Å². The van der Waals surface area contributed by atoms with E-state index in [2.05, 4.69) is 26.0 Å². The predicted octanol–water partition coefficient (Wildman–Crippen LogP) is 3.81. The van der Waals surface area contributed by atoms with Crippen molar-refractivity contribution in [3.63, 3.8) is 0 Å². The minimum absolute atomic E-state index is 0.598. The fraction of sp³-hybridized carbons (Fsp3) is 0. The monoisotopic (exact) mass is 307 g/mol. The summed E-state index contributed by atoms with van der Waals surface area (Å²) in [6.45, 7) is 0. The lowest BCUT2D eigenvalue weighted by molar-refractivity contribution is 0.966. The summed E-state index contributed by atoms with van der Waals surface area (Å²) in [5.74, 6) is 0.666. The van der Waals surface area contributed by atoms with E-state index in [-0.39, 0.29) is 0 Å². The summed E-state index contributed by atoms with van der Waals surface area (Å²) in [5, 5.41) is 4.98. The molecule has 0 aliphatic rings. The molecule has 1 aromatic carbocycles. The molecule has 17 heavy (non-hydrogen) atoms. The molecule has 0 fully saturated rings. The van der Waals surface area contributed by atoms with Gasteiger partial charge in [-0.3, -0.25) is 0 Å². The Labute approximate surface area is 111 Å². The van der Waals surface area contributed by atoms with E-state index in [0.717, 1.165) is 10.0 Å². The van der Waals surface area contributed by atoms with E-state index in [9.17, 15) is 0 Å². The van der Waals surface area contributed by atoms with Gasteiger partial charge in [-0.25, -0.2) is 9.50 Å². The molecule has 2 heterocycles. The SMILES string of the molecule is Clc1cccn2nc(-c3cccc(Br)c3)nc12. The number of hydrogen-bond acceptors (Lipinski definition) is 2. The van der Waals surface area contributed by atoms with Crippen LogP contribution < -0.4 is 0 Å². The van der Waals surface area contributed by atoms with Crippen molar-refractivity contribution in [3.8, 4) is 11.4 Å². The Kier molecular flexibility index (Phi) is 2.61. The molecule has 0 radical (unpaired) electrons. The first kappa shape index (κ1) is 10.7. The molecule has 0 spiro atoms. The van der Waals surface area contributed by atoms with Gasteiger partial charge in [0.15, 0.2) is 11.5 Å². The van der Waals surface area contributed by atoms with Gasteiger partial charge in [0.05, 0.1) is 5.02 Å². The van der Waals surface area contributed by atoms with Crippen molar-refractivity contribution in [2.45, 2.75) is 0 Å². The normalized spacial score (nSPS) is 10.9. The van der Waals surface area contributed by atoms with E-state index >= 15 is 0 Å². The summed E-state index contributed by atoms with van der Waals surface area (Å²) in [6, 6.07) is 11.5. The van der Waals surface area contributed by atoms with E-state index in [1.807, 2.05) is 36.5 Å². The van der Waals surface area contributed by atoms with Gasteiger partial charge in [0.1, 0.15) is 0 Å². The molecule has 0 aliphatic carbocycles. The zero-order valence-corrected chi connectivity index (χ0v) is 11.0. The standard InChI is InChI=1S/C12H7BrClN3/c13-9-4-1-3-8(7-9)11-15-12-10(14)5-2-6-17(12)16-11/h1-7H. The smallest absolute Gasteiger partial charge is 0.182 e. The minimum atomic E-state index is 0.598. The molecular weight excluding hydrogens is 302 g/mol. The van der Waals surface area contributed by atoms with Crippen molar-refractivity contribution in [3.05, 3.63) is 52.1 Å². The second-order valence-electron chi connectivity index (χ2n) is 3.57. The molecular formula is C12H7BrClN3. The first-order chi connectivity index (χ1) is 8.24. The maximum Gasteiger partial charge on any atom is 0.182 e. The Morgan fingerprint density at radius 2 is 2.06 bits per heavy atom. The largest absolute Gasteiger partial charge is 0.219 e. The summed E-state index contributed by atoms with van der Waals surface area (Å²) in [4.78, 5) is 4.42. The van der Waals surface area contributed by atoms with Crippen molar-refractivity contribution in [1.29, 1.82) is 0 Å². The van der Waals surface area contributed by atoms with Gasteiger partial charge in [0, 0.05) is 16.2 Å². The van der Waals surface area contributed by atoms with Crippen LogP contribution in [0.1, 0.15) is 0 Å². The first-order valence-corrected chi connectivity index (χ1v) is 6.18. The van der Waals surface area contributed by atoms with Crippen molar-refractivity contribution < 1.29 is 0 Å². The van der Waals surface area contributed by atoms with Crippen molar-refractivity contribution in [1.82, 2.24) is 14.6 Å². The molecule has 0 saturated carbocycles. The summed E-state index contributed by atoms with van der Waals surface area (Å²) < 4.78 is 2.68. The average molecular weight is 309 g/mol. The van der Waals surface area contributed by atoms with Crippen molar-refractivity contribution in [2.24, 2.45) is 0 Å². The van der Waals surface area contributed by atoms with Gasteiger partial charge in [-0.05, 0) is 24.3 Å². The van der Waals surface area contributed by atoms with Crippen LogP contribution in [0.15, 0.2) is 47.1 Å².